The molecule has 0 amide bonds. The number of benzene rings is 1. The summed E-state index contributed by atoms with van der Waals surface area (Å²) in [6.45, 7) is 0.569. The number of cyclic esters (lactones) is 1. The van der Waals surface area contributed by atoms with Crippen LogP contribution in [0.5, 0.6) is 5.75 Å². The Morgan fingerprint density at radius 2 is 1.81 bits per heavy atom. The maximum Gasteiger partial charge on any atom is 0.329 e. The van der Waals surface area contributed by atoms with Gasteiger partial charge in [0.2, 0.25) is 0 Å². The first-order chi connectivity index (χ1) is 10.2. The van der Waals surface area contributed by atoms with Gasteiger partial charge < -0.3 is 14.8 Å². The van der Waals surface area contributed by atoms with Crippen molar-refractivity contribution in [2.45, 2.75) is 44.6 Å². The molecule has 0 bridgehead atoms. The molecule has 114 valence electrons. The number of anilines is 1. The Morgan fingerprint density at radius 1 is 1.14 bits per heavy atom. The average Bonchev–Trinajstić information content (AvgIpc) is 2.70. The first-order valence-electron chi connectivity index (χ1n) is 7.81. The molecule has 1 aliphatic heterocycles. The highest BCUT2D eigenvalue weighted by atomic mass is 16.5. The van der Waals surface area contributed by atoms with Crippen LogP contribution in [-0.2, 0) is 9.53 Å². The fraction of sp³-hybridized carbons (Fsp3) is 0.588. The SMILES string of the molecule is COc1ccc(NC2C(=O)OCC23CCCCCC3)cc1. The summed E-state index contributed by atoms with van der Waals surface area (Å²) < 4.78 is 10.6. The van der Waals surface area contributed by atoms with Crippen molar-refractivity contribution in [3.8, 4) is 5.75 Å². The van der Waals surface area contributed by atoms with Gasteiger partial charge in [-0.3, -0.25) is 0 Å². The van der Waals surface area contributed by atoms with Crippen molar-refractivity contribution in [2.24, 2.45) is 5.41 Å². The fourth-order valence-corrected chi connectivity index (χ4v) is 3.56. The summed E-state index contributed by atoms with van der Waals surface area (Å²) >= 11 is 0. The fourth-order valence-electron chi connectivity index (χ4n) is 3.56. The predicted molar refractivity (Wildman–Crippen MR) is 81.5 cm³/mol. The minimum absolute atomic E-state index is 0.0203. The van der Waals surface area contributed by atoms with Crippen molar-refractivity contribution >= 4 is 11.7 Å². The molecule has 2 fully saturated rings. The van der Waals surface area contributed by atoms with Crippen LogP contribution in [0.4, 0.5) is 5.69 Å². The number of esters is 1. The summed E-state index contributed by atoms with van der Waals surface area (Å²) in [5.74, 6) is 0.714. The van der Waals surface area contributed by atoms with Crippen LogP contribution in [0.15, 0.2) is 24.3 Å². The van der Waals surface area contributed by atoms with Gasteiger partial charge in [0, 0.05) is 11.1 Å². The molecule has 1 heterocycles. The van der Waals surface area contributed by atoms with Gasteiger partial charge in [0.1, 0.15) is 11.8 Å². The van der Waals surface area contributed by atoms with Crippen LogP contribution in [0.2, 0.25) is 0 Å². The van der Waals surface area contributed by atoms with E-state index in [9.17, 15) is 4.79 Å². The lowest BCUT2D eigenvalue weighted by Crippen LogP contribution is -2.41. The second-order valence-electron chi connectivity index (χ2n) is 6.19. The molecule has 1 saturated heterocycles. The molecule has 2 aliphatic rings. The molecule has 1 aromatic carbocycles. The molecule has 1 aliphatic carbocycles. The van der Waals surface area contributed by atoms with Crippen LogP contribution < -0.4 is 10.1 Å². The van der Waals surface area contributed by atoms with Crippen molar-refractivity contribution in [2.75, 3.05) is 19.0 Å². The lowest BCUT2D eigenvalue weighted by atomic mass is 9.76. The topological polar surface area (TPSA) is 47.6 Å². The Balaban J connectivity index is 1.78. The van der Waals surface area contributed by atoms with Crippen molar-refractivity contribution in [3.63, 3.8) is 0 Å². The minimum Gasteiger partial charge on any atom is -0.497 e. The molecule has 1 atom stereocenters. The summed E-state index contributed by atoms with van der Waals surface area (Å²) in [6, 6.07) is 7.50. The van der Waals surface area contributed by atoms with Crippen LogP contribution in [0.25, 0.3) is 0 Å². The van der Waals surface area contributed by atoms with E-state index in [-0.39, 0.29) is 17.4 Å². The second-order valence-corrected chi connectivity index (χ2v) is 6.19. The van der Waals surface area contributed by atoms with Gasteiger partial charge in [-0.15, -0.1) is 0 Å². The number of ether oxygens (including phenoxy) is 2. The largest absolute Gasteiger partial charge is 0.497 e. The van der Waals surface area contributed by atoms with Gasteiger partial charge in [-0.1, -0.05) is 25.7 Å². The van der Waals surface area contributed by atoms with Crippen molar-refractivity contribution < 1.29 is 14.3 Å². The summed E-state index contributed by atoms with van der Waals surface area (Å²) in [5, 5.41) is 3.40. The molecule has 0 aromatic heterocycles. The first-order valence-corrected chi connectivity index (χ1v) is 7.81. The normalized spacial score (nSPS) is 24.4. The zero-order chi connectivity index (χ0) is 14.7. The second kappa shape index (κ2) is 5.96. The van der Waals surface area contributed by atoms with Gasteiger partial charge in [-0.2, -0.15) is 0 Å². The van der Waals surface area contributed by atoms with E-state index in [4.69, 9.17) is 9.47 Å². The highest BCUT2D eigenvalue weighted by Gasteiger charge is 2.50. The zero-order valence-electron chi connectivity index (χ0n) is 12.6. The van der Waals surface area contributed by atoms with Crippen LogP contribution in [0.1, 0.15) is 38.5 Å². The average molecular weight is 289 g/mol. The highest BCUT2D eigenvalue weighted by Crippen LogP contribution is 2.43. The number of hydrogen-bond acceptors (Lipinski definition) is 4. The number of hydrogen-bond donors (Lipinski definition) is 1. The molecule has 21 heavy (non-hydrogen) atoms. The van der Waals surface area contributed by atoms with Gasteiger partial charge in [0.25, 0.3) is 0 Å². The first kappa shape index (κ1) is 14.2. The summed E-state index contributed by atoms with van der Waals surface area (Å²) in [6.07, 6.45) is 7.07. The lowest BCUT2D eigenvalue weighted by Gasteiger charge is -2.31. The molecular weight excluding hydrogens is 266 g/mol. The molecule has 1 aromatic rings. The van der Waals surface area contributed by atoms with Crippen LogP contribution in [-0.4, -0.2) is 25.7 Å². The summed E-state index contributed by atoms with van der Waals surface area (Å²) in [4.78, 5) is 12.2. The third-order valence-electron chi connectivity index (χ3n) is 4.85. The Labute approximate surface area is 125 Å². The van der Waals surface area contributed by atoms with E-state index in [0.717, 1.165) is 24.3 Å². The molecular formula is C17H23NO3. The van der Waals surface area contributed by atoms with Gasteiger partial charge in [-0.25, -0.2) is 4.79 Å². The van der Waals surface area contributed by atoms with Crippen molar-refractivity contribution in [1.29, 1.82) is 0 Å². The molecule has 1 spiro atoms. The van der Waals surface area contributed by atoms with Crippen LogP contribution >= 0.6 is 0 Å². The van der Waals surface area contributed by atoms with Gasteiger partial charge in [0.05, 0.1) is 13.7 Å². The summed E-state index contributed by atoms with van der Waals surface area (Å²) in [7, 11) is 1.65. The van der Waals surface area contributed by atoms with Gasteiger partial charge >= 0.3 is 5.97 Å². The van der Waals surface area contributed by atoms with Gasteiger partial charge in [-0.05, 0) is 37.1 Å². The molecule has 1 unspecified atom stereocenters. The Bertz CT molecular complexity index is 489. The number of methoxy groups -OCH3 is 1. The maximum atomic E-state index is 12.2. The van der Waals surface area contributed by atoms with Crippen LogP contribution in [0.3, 0.4) is 0 Å². The minimum atomic E-state index is -0.219. The van der Waals surface area contributed by atoms with E-state index < -0.39 is 0 Å². The molecule has 3 rings (SSSR count). The maximum absolute atomic E-state index is 12.2. The molecule has 4 heteroatoms. The Kier molecular flexibility index (Phi) is 4.04. The standard InChI is InChI=1S/C17H23NO3/c1-20-14-8-6-13(7-9-14)18-15-16(19)21-12-17(15)10-4-2-3-5-11-17/h6-9,15,18H,2-5,10-12H2,1H3. The van der Waals surface area contributed by atoms with E-state index in [1.165, 1.54) is 25.7 Å². The quantitative estimate of drug-likeness (QED) is 0.867. The van der Waals surface area contributed by atoms with E-state index in [0.29, 0.717) is 6.61 Å². The smallest absolute Gasteiger partial charge is 0.329 e. The summed E-state index contributed by atoms with van der Waals surface area (Å²) in [5.41, 5.74) is 0.927. The highest BCUT2D eigenvalue weighted by molar-refractivity contribution is 5.82. The van der Waals surface area contributed by atoms with Crippen molar-refractivity contribution in [3.05, 3.63) is 24.3 Å². The predicted octanol–water partition coefficient (Wildman–Crippen LogP) is 3.37. The van der Waals surface area contributed by atoms with Crippen molar-refractivity contribution in [1.82, 2.24) is 0 Å². The number of carbonyl (C=O) groups excluding carboxylic acids is 1. The molecule has 4 nitrogen and oxygen atoms in total. The Morgan fingerprint density at radius 3 is 2.43 bits per heavy atom. The monoisotopic (exact) mass is 289 g/mol. The zero-order valence-corrected chi connectivity index (χ0v) is 12.6. The number of carbonyl (C=O) groups is 1. The third kappa shape index (κ3) is 2.85. The van der Waals surface area contributed by atoms with Gasteiger partial charge in [0.15, 0.2) is 0 Å². The molecule has 0 radical (unpaired) electrons. The molecule has 1 N–H and O–H groups in total. The third-order valence-corrected chi connectivity index (χ3v) is 4.85. The molecule has 1 saturated carbocycles. The lowest BCUT2D eigenvalue weighted by molar-refractivity contribution is -0.138. The van der Waals surface area contributed by atoms with Crippen LogP contribution in [0, 0.1) is 5.41 Å². The van der Waals surface area contributed by atoms with E-state index in [1.807, 2.05) is 24.3 Å². The number of rotatable bonds is 3. The Hall–Kier alpha value is -1.71. The van der Waals surface area contributed by atoms with E-state index >= 15 is 0 Å². The van der Waals surface area contributed by atoms with E-state index in [2.05, 4.69) is 5.32 Å². The van der Waals surface area contributed by atoms with E-state index in [1.54, 1.807) is 7.11 Å². The number of nitrogens with one attached hydrogen (secondary N) is 1.